The number of nitrogens with zero attached hydrogens (tertiary/aromatic N) is 7. The van der Waals surface area contributed by atoms with Crippen LogP contribution in [0.15, 0.2) is 85.2 Å². The highest BCUT2D eigenvalue weighted by Crippen LogP contribution is 2.64. The van der Waals surface area contributed by atoms with Gasteiger partial charge in [-0.15, -0.1) is 0 Å². The van der Waals surface area contributed by atoms with Gasteiger partial charge in [-0.05, 0) is 66.8 Å². The second kappa shape index (κ2) is 14.2. The number of benzene rings is 3. The number of hydrogen-bond donors (Lipinski definition) is 2. The Labute approximate surface area is 321 Å². The summed E-state index contributed by atoms with van der Waals surface area (Å²) in [5.74, 6) is -1.79. The summed E-state index contributed by atoms with van der Waals surface area (Å²) in [6.45, 7) is 1.73. The van der Waals surface area contributed by atoms with Crippen LogP contribution in [0.1, 0.15) is 53.4 Å². The molecule has 0 radical (unpaired) electrons. The molecule has 56 heavy (non-hydrogen) atoms. The first kappa shape index (κ1) is 35.7. The van der Waals surface area contributed by atoms with Gasteiger partial charge >= 0.3 is 6.09 Å². The molecule has 0 bridgehead atoms. The van der Waals surface area contributed by atoms with Crippen molar-refractivity contribution in [3.63, 3.8) is 0 Å². The number of pyridine rings is 1. The predicted molar refractivity (Wildman–Crippen MR) is 205 cm³/mol. The van der Waals surface area contributed by atoms with Gasteiger partial charge in [-0.3, -0.25) is 9.78 Å². The highest BCUT2D eigenvalue weighted by atomic mass is 19.2. The quantitative estimate of drug-likeness (QED) is 0.160. The molecular weight excluding hydrogens is 719 g/mol. The molecule has 3 aromatic heterocycles. The molecule has 4 atom stereocenters. The van der Waals surface area contributed by atoms with E-state index >= 15 is 4.39 Å². The van der Waals surface area contributed by atoms with Gasteiger partial charge < -0.3 is 25.0 Å². The van der Waals surface area contributed by atoms with Crippen LogP contribution in [0, 0.1) is 23.5 Å². The van der Waals surface area contributed by atoms with Crippen LogP contribution in [-0.4, -0.2) is 80.0 Å². The van der Waals surface area contributed by atoms with Crippen molar-refractivity contribution >= 4 is 39.9 Å². The Morgan fingerprint density at radius 2 is 1.84 bits per heavy atom. The number of aromatic nitrogens is 5. The van der Waals surface area contributed by atoms with Crippen molar-refractivity contribution in [2.24, 2.45) is 11.8 Å². The normalized spacial score (nSPS) is 21.8. The lowest BCUT2D eigenvalue weighted by atomic mass is 9.89. The molecule has 1 saturated carbocycles. The number of piperidine rings is 1. The van der Waals surface area contributed by atoms with Gasteiger partial charge in [0.25, 0.3) is 5.91 Å². The van der Waals surface area contributed by atoms with Gasteiger partial charge in [0, 0.05) is 62.4 Å². The van der Waals surface area contributed by atoms with E-state index in [0.717, 1.165) is 41.8 Å². The second-order valence-electron chi connectivity index (χ2n) is 14.9. The summed E-state index contributed by atoms with van der Waals surface area (Å²) in [5, 5.41) is 18.9. The number of carbonyl (C=O) groups is 2. The lowest BCUT2D eigenvalue weighted by molar-refractivity contribution is -0.0368. The van der Waals surface area contributed by atoms with Gasteiger partial charge in [0.1, 0.15) is 17.0 Å². The Hall–Kier alpha value is -6.02. The van der Waals surface area contributed by atoms with E-state index in [1.54, 1.807) is 36.3 Å². The molecule has 6 aromatic rings. The first-order valence-electron chi connectivity index (χ1n) is 19.0. The molecule has 12 nitrogen and oxygen atoms in total. The van der Waals surface area contributed by atoms with Crippen LogP contribution in [0.5, 0.6) is 0 Å². The Kier molecular flexibility index (Phi) is 9.07. The molecule has 3 fully saturated rings. The number of hydrogen-bond acceptors (Lipinski definition) is 8. The van der Waals surface area contributed by atoms with E-state index in [9.17, 15) is 19.1 Å². The van der Waals surface area contributed by atoms with Crippen LogP contribution in [0.3, 0.4) is 0 Å². The number of carbonyl (C=O) groups excluding carboxylic acids is 1. The van der Waals surface area contributed by atoms with Crippen LogP contribution < -0.4 is 10.2 Å². The number of halogens is 2. The highest BCUT2D eigenvalue weighted by molar-refractivity contribution is 6.10. The van der Waals surface area contributed by atoms with E-state index in [2.05, 4.69) is 15.2 Å². The fraction of sp³-hybridized carbons (Fsp3) is 0.333. The average molecular weight is 759 g/mol. The molecule has 5 heterocycles. The minimum Gasteiger partial charge on any atom is -0.465 e. The molecule has 9 rings (SSSR count). The first-order valence-corrected chi connectivity index (χ1v) is 19.0. The maximum absolute atomic E-state index is 15.8. The van der Waals surface area contributed by atoms with Gasteiger partial charge in [-0.25, -0.2) is 28.2 Å². The number of anilines is 1. The van der Waals surface area contributed by atoms with Gasteiger partial charge in [-0.1, -0.05) is 54.6 Å². The number of amides is 2. The summed E-state index contributed by atoms with van der Waals surface area (Å²) >= 11 is 0. The van der Waals surface area contributed by atoms with Crippen LogP contribution >= 0.6 is 0 Å². The molecule has 14 heteroatoms. The van der Waals surface area contributed by atoms with Crippen LogP contribution in [0.2, 0.25) is 0 Å². The molecule has 2 amide bonds. The van der Waals surface area contributed by atoms with Crippen molar-refractivity contribution in [3.8, 4) is 11.3 Å². The zero-order chi connectivity index (χ0) is 38.6. The van der Waals surface area contributed by atoms with Gasteiger partial charge in [0.2, 0.25) is 0 Å². The third-order valence-electron chi connectivity index (χ3n) is 11.9. The summed E-state index contributed by atoms with van der Waals surface area (Å²) in [4.78, 5) is 43.6. The van der Waals surface area contributed by atoms with E-state index in [4.69, 9.17) is 19.8 Å². The fourth-order valence-corrected chi connectivity index (χ4v) is 9.13. The molecule has 2 saturated heterocycles. The topological polar surface area (TPSA) is 139 Å². The summed E-state index contributed by atoms with van der Waals surface area (Å²) in [6, 6.07) is 20.8. The standard InChI is InChI=1S/C42H40F2N8O4/c1-45-40(53)28-16-15-27(26-11-8-18-46-36(26)28)37-38-39(52(49-37)34-14-5-6-20-56-34)48-33(21-47-38)50-19-17-29-31(23-50)42(29,30-12-7-13-32(43)35(30)44)24-51(41(54)55)22-25-9-3-2-4-10-25/h2-4,7-13,15-16,18,21,29,31,34H,5-6,14,17,19-20,22-24H2,1H3,(H,45,53)(H,54,55)/t29-,31+,34?,42-/m1/s1. The van der Waals surface area contributed by atoms with E-state index in [0.29, 0.717) is 59.9 Å². The molecule has 3 aliphatic rings. The number of ether oxygens (including phenoxy) is 1. The van der Waals surface area contributed by atoms with E-state index in [1.165, 1.54) is 11.0 Å². The number of rotatable bonds is 9. The molecule has 1 unspecified atom stereocenters. The molecule has 286 valence electrons. The summed E-state index contributed by atoms with van der Waals surface area (Å²) in [7, 11) is 1.58. The molecule has 3 aromatic carbocycles. The summed E-state index contributed by atoms with van der Waals surface area (Å²) in [5.41, 5.74) is 3.51. The Balaban J connectivity index is 1.09. The molecule has 2 N–H and O–H groups in total. The number of nitrogens with one attached hydrogen (secondary N) is 1. The lowest BCUT2D eigenvalue weighted by Gasteiger charge is -2.28. The molecule has 2 aliphatic heterocycles. The first-order chi connectivity index (χ1) is 27.3. The highest BCUT2D eigenvalue weighted by Gasteiger charge is 2.68. The van der Waals surface area contributed by atoms with Crippen molar-refractivity contribution in [1.29, 1.82) is 0 Å². The molecular formula is C42H40F2N8O4. The van der Waals surface area contributed by atoms with Gasteiger partial charge in [-0.2, -0.15) is 5.10 Å². The van der Waals surface area contributed by atoms with Crippen molar-refractivity contribution in [3.05, 3.63) is 114 Å². The summed E-state index contributed by atoms with van der Waals surface area (Å²) < 4.78 is 38.6. The van der Waals surface area contributed by atoms with E-state index in [-0.39, 0.29) is 42.6 Å². The zero-order valence-electron chi connectivity index (χ0n) is 30.7. The third kappa shape index (κ3) is 5.99. The minimum absolute atomic E-state index is 0.0160. The van der Waals surface area contributed by atoms with Gasteiger partial charge in [0.15, 0.2) is 23.5 Å². The third-order valence-corrected chi connectivity index (χ3v) is 11.9. The number of carboxylic acid groups (broad SMARTS) is 1. The zero-order valence-corrected chi connectivity index (χ0v) is 30.7. The smallest absolute Gasteiger partial charge is 0.407 e. The maximum Gasteiger partial charge on any atom is 0.407 e. The Morgan fingerprint density at radius 3 is 2.62 bits per heavy atom. The average Bonchev–Trinajstić information content (AvgIpc) is 3.70. The van der Waals surface area contributed by atoms with Crippen molar-refractivity contribution in [2.45, 2.75) is 43.9 Å². The van der Waals surface area contributed by atoms with Crippen molar-refractivity contribution in [2.75, 3.05) is 38.2 Å². The number of fused-ring (bicyclic) bond motifs is 3. The molecule has 1 aliphatic carbocycles. The second-order valence-corrected chi connectivity index (χ2v) is 14.9. The van der Waals surface area contributed by atoms with Crippen molar-refractivity contribution in [1.82, 2.24) is 34.9 Å². The van der Waals surface area contributed by atoms with Gasteiger partial charge in [0.05, 0.1) is 17.3 Å². The lowest BCUT2D eigenvalue weighted by Crippen LogP contribution is -2.39. The van der Waals surface area contributed by atoms with E-state index < -0.39 is 23.1 Å². The van der Waals surface area contributed by atoms with Crippen LogP contribution in [-0.2, 0) is 16.7 Å². The maximum atomic E-state index is 15.8. The van der Waals surface area contributed by atoms with E-state index in [1.807, 2.05) is 48.5 Å². The Morgan fingerprint density at radius 1 is 0.982 bits per heavy atom. The Bertz CT molecular complexity index is 2470. The SMILES string of the molecule is CNC(=O)c1ccc(-c2nn(C3CCCCO3)c3nc(N4CC[C@@H]5[C@H](C4)[C@@]5(CN(Cc4ccccc4)C(=O)O)c4cccc(F)c4F)cnc23)c2cccnc12. The van der Waals surface area contributed by atoms with Crippen LogP contribution in [0.25, 0.3) is 33.3 Å². The fourth-order valence-electron chi connectivity index (χ4n) is 9.13. The largest absolute Gasteiger partial charge is 0.465 e. The monoisotopic (exact) mass is 758 g/mol. The van der Waals surface area contributed by atoms with Crippen molar-refractivity contribution < 1.29 is 28.2 Å². The summed E-state index contributed by atoms with van der Waals surface area (Å²) in [6.07, 6.45) is 5.17. The molecule has 0 spiro atoms. The van der Waals surface area contributed by atoms with Crippen LogP contribution in [0.4, 0.5) is 19.4 Å². The predicted octanol–water partition coefficient (Wildman–Crippen LogP) is 6.95. The minimum atomic E-state index is -1.12.